The number of nitriles is 2. The summed E-state index contributed by atoms with van der Waals surface area (Å²) in [5.41, 5.74) is -2.42. The van der Waals surface area contributed by atoms with E-state index in [1.807, 2.05) is 0 Å². The van der Waals surface area contributed by atoms with E-state index in [4.69, 9.17) is 21.1 Å². The summed E-state index contributed by atoms with van der Waals surface area (Å²) in [6, 6.07) is 8.52. The van der Waals surface area contributed by atoms with Crippen LogP contribution >= 0.6 is 21.8 Å². The minimum Gasteiger partial charge on any atom is -0.486 e. The zero-order chi connectivity index (χ0) is 30.2. The summed E-state index contributed by atoms with van der Waals surface area (Å²) < 4.78 is 117. The highest BCUT2D eigenvalue weighted by atomic mass is 35.5. The zero-order valence-corrected chi connectivity index (χ0v) is 21.3. The van der Waals surface area contributed by atoms with Crippen LogP contribution in [0.1, 0.15) is 22.8 Å². The van der Waals surface area contributed by atoms with Gasteiger partial charge in [-0.15, -0.1) is 0 Å². The molecule has 1 amide bonds. The van der Waals surface area contributed by atoms with E-state index in [2.05, 4.69) is 5.32 Å². The molecule has 3 aromatic carbocycles. The fourth-order valence-electron chi connectivity index (χ4n) is 3.02. The van der Waals surface area contributed by atoms with E-state index in [1.165, 1.54) is 6.07 Å². The summed E-state index contributed by atoms with van der Waals surface area (Å²) in [5.74, 6) is -7.97. The monoisotopic (exact) mass is 611 g/mol. The number of hydrogen-bond donors (Lipinski definition) is 1. The molecule has 3 rings (SSSR count). The van der Waals surface area contributed by atoms with E-state index >= 15 is 0 Å². The number of nitrogens with one attached hydrogen (secondary N) is 1. The standard InChI is InChI=1S/C24H14ClF8N3O3S/c1-24(11-35,36-23(37)14-3-5-15(6-4-14)40(29,30,31,32)33)12-38-18-8-13(10-34)2-7-17(18)39-19-9-16(25)20(26)22(28)21(19)27/h2-9H,12H2,1H3,(H,36,37)/t24-/m0/s1. The van der Waals surface area contributed by atoms with Gasteiger partial charge in [0.15, 0.2) is 34.4 Å². The van der Waals surface area contributed by atoms with Crippen LogP contribution in [0.2, 0.25) is 5.02 Å². The molecule has 0 saturated carbocycles. The van der Waals surface area contributed by atoms with Gasteiger partial charge in [0, 0.05) is 17.7 Å². The Morgan fingerprint density at radius 1 is 0.925 bits per heavy atom. The molecule has 0 aliphatic rings. The topological polar surface area (TPSA) is 95.1 Å². The molecule has 3 aromatic rings. The largest absolute Gasteiger partial charge is 0.486 e. The number of rotatable bonds is 8. The fraction of sp³-hybridized carbons (Fsp3) is 0.125. The molecule has 1 atom stereocenters. The van der Waals surface area contributed by atoms with E-state index in [-0.39, 0.29) is 29.2 Å². The Bertz CT molecular complexity index is 1590. The molecule has 0 saturated heterocycles. The predicted octanol–water partition coefficient (Wildman–Crippen LogP) is 8.17. The van der Waals surface area contributed by atoms with Gasteiger partial charge in [0.25, 0.3) is 5.91 Å². The number of nitrogens with zero attached hydrogens (tertiary/aromatic N) is 2. The van der Waals surface area contributed by atoms with E-state index in [0.29, 0.717) is 18.2 Å². The number of amides is 1. The second-order valence-electron chi connectivity index (χ2n) is 8.35. The summed E-state index contributed by atoms with van der Waals surface area (Å²) in [6.45, 7) is 0.433. The van der Waals surface area contributed by atoms with Crippen molar-refractivity contribution in [2.24, 2.45) is 0 Å². The second kappa shape index (κ2) is 9.76. The molecule has 0 fully saturated rings. The van der Waals surface area contributed by atoms with Gasteiger partial charge in [-0.3, -0.25) is 4.79 Å². The highest BCUT2D eigenvalue weighted by Gasteiger charge is 2.65. The maximum Gasteiger partial charge on any atom is 0.310 e. The first kappa shape index (κ1) is 30.3. The van der Waals surface area contributed by atoms with Gasteiger partial charge in [-0.1, -0.05) is 31.0 Å². The minimum absolute atomic E-state index is 0.0159. The summed E-state index contributed by atoms with van der Waals surface area (Å²) in [4.78, 5) is 10.3. The third kappa shape index (κ3) is 6.86. The van der Waals surface area contributed by atoms with Gasteiger partial charge in [0.1, 0.15) is 11.5 Å². The first-order valence-corrected chi connectivity index (χ1v) is 12.9. The zero-order valence-electron chi connectivity index (χ0n) is 19.8. The van der Waals surface area contributed by atoms with E-state index in [0.717, 1.165) is 19.1 Å². The van der Waals surface area contributed by atoms with Crippen molar-refractivity contribution < 1.29 is 46.9 Å². The normalized spacial score (nSPS) is 14.5. The number of hydrogen-bond acceptors (Lipinski definition) is 5. The number of carbonyl (C=O) groups is 1. The number of ether oxygens (including phenoxy) is 2. The third-order valence-electron chi connectivity index (χ3n) is 5.08. The lowest BCUT2D eigenvalue weighted by Crippen LogP contribution is -2.49. The first-order chi connectivity index (χ1) is 18.3. The van der Waals surface area contributed by atoms with Gasteiger partial charge in [-0.2, -0.15) is 14.9 Å². The van der Waals surface area contributed by atoms with Crippen LogP contribution in [0.5, 0.6) is 17.2 Å². The lowest BCUT2D eigenvalue weighted by molar-refractivity contribution is 0.0900. The van der Waals surface area contributed by atoms with Gasteiger partial charge in [0.2, 0.25) is 5.82 Å². The average Bonchev–Trinajstić information content (AvgIpc) is 2.88. The molecule has 1 N–H and O–H groups in total. The van der Waals surface area contributed by atoms with Crippen LogP contribution in [0.15, 0.2) is 53.4 Å². The highest BCUT2D eigenvalue weighted by Crippen LogP contribution is 3.02. The summed E-state index contributed by atoms with van der Waals surface area (Å²) in [6.07, 6.45) is 0. The molecular weight excluding hydrogens is 598 g/mol. The van der Waals surface area contributed by atoms with E-state index < -0.39 is 67.0 Å². The second-order valence-corrected chi connectivity index (χ2v) is 11.2. The van der Waals surface area contributed by atoms with Crippen LogP contribution in [0.3, 0.4) is 0 Å². The molecule has 40 heavy (non-hydrogen) atoms. The van der Waals surface area contributed by atoms with Crippen molar-refractivity contribution in [3.8, 4) is 29.4 Å². The molecule has 0 aromatic heterocycles. The number of carbonyl (C=O) groups excluding carboxylic acids is 1. The molecule has 0 aliphatic heterocycles. The lowest BCUT2D eigenvalue weighted by Gasteiger charge is -2.40. The van der Waals surface area contributed by atoms with Crippen LogP contribution in [0.4, 0.5) is 32.6 Å². The Hall–Kier alpha value is -4.21. The molecule has 0 bridgehead atoms. The third-order valence-corrected chi connectivity index (χ3v) is 6.51. The molecular formula is C24H14ClF8N3O3S. The maximum absolute atomic E-state index is 14.2. The SMILES string of the molecule is C[C@](C#N)(COc1cc(C#N)ccc1Oc1cc(Cl)c(F)c(F)c1F)NC(=O)c1ccc(S(F)(F)(F)(F)F)cc1. The Balaban J connectivity index is 1.84. The Morgan fingerprint density at radius 2 is 1.55 bits per heavy atom. The van der Waals surface area contributed by atoms with Crippen LogP contribution < -0.4 is 14.8 Å². The van der Waals surface area contributed by atoms with Crippen molar-refractivity contribution in [3.63, 3.8) is 0 Å². The summed E-state index contributed by atoms with van der Waals surface area (Å²) in [7, 11) is -9.97. The molecule has 212 valence electrons. The van der Waals surface area contributed by atoms with Crippen molar-refractivity contribution in [1.82, 2.24) is 5.32 Å². The van der Waals surface area contributed by atoms with Crippen LogP contribution in [-0.2, 0) is 0 Å². The Kier molecular flexibility index (Phi) is 7.40. The smallest absolute Gasteiger partial charge is 0.310 e. The quantitative estimate of drug-likeness (QED) is 0.157. The molecule has 0 unspecified atom stereocenters. The van der Waals surface area contributed by atoms with Gasteiger partial charge in [-0.05, 0) is 43.3 Å². The van der Waals surface area contributed by atoms with Crippen molar-refractivity contribution in [3.05, 3.63) is 82.1 Å². The van der Waals surface area contributed by atoms with Gasteiger partial charge >= 0.3 is 10.2 Å². The van der Waals surface area contributed by atoms with Gasteiger partial charge < -0.3 is 14.8 Å². The maximum atomic E-state index is 14.2. The minimum atomic E-state index is -9.97. The average molecular weight is 612 g/mol. The van der Waals surface area contributed by atoms with Crippen LogP contribution in [0, 0.1) is 40.1 Å². The van der Waals surface area contributed by atoms with E-state index in [9.17, 15) is 47.9 Å². The molecule has 0 radical (unpaired) electrons. The first-order valence-electron chi connectivity index (χ1n) is 10.5. The molecule has 0 aliphatic carbocycles. The van der Waals surface area contributed by atoms with Crippen LogP contribution in [-0.4, -0.2) is 18.1 Å². The van der Waals surface area contributed by atoms with Crippen molar-refractivity contribution in [2.45, 2.75) is 17.4 Å². The fourth-order valence-corrected chi connectivity index (χ4v) is 3.86. The van der Waals surface area contributed by atoms with Gasteiger partial charge in [-0.25, -0.2) is 8.78 Å². The van der Waals surface area contributed by atoms with E-state index in [1.54, 1.807) is 12.1 Å². The van der Waals surface area contributed by atoms with Crippen molar-refractivity contribution in [2.75, 3.05) is 6.61 Å². The van der Waals surface area contributed by atoms with Crippen LogP contribution in [0.25, 0.3) is 0 Å². The molecule has 0 spiro atoms. The number of halogens is 9. The Labute approximate surface area is 226 Å². The molecule has 16 heteroatoms. The molecule has 6 nitrogen and oxygen atoms in total. The lowest BCUT2D eigenvalue weighted by atomic mass is 10.0. The van der Waals surface area contributed by atoms with Gasteiger partial charge in [0.05, 0.1) is 22.7 Å². The number of benzene rings is 3. The summed E-state index contributed by atoms with van der Waals surface area (Å²) >= 11 is 5.52. The Morgan fingerprint density at radius 3 is 2.10 bits per heavy atom. The predicted molar refractivity (Wildman–Crippen MR) is 127 cm³/mol. The van der Waals surface area contributed by atoms with Crippen molar-refractivity contribution in [1.29, 1.82) is 10.5 Å². The summed E-state index contributed by atoms with van der Waals surface area (Å²) in [5, 5.41) is 20.1. The van der Waals surface area contributed by atoms with Crippen molar-refractivity contribution >= 4 is 27.7 Å². The molecule has 0 heterocycles. The highest BCUT2D eigenvalue weighted by molar-refractivity contribution is 8.45.